The molecule has 18 heavy (non-hydrogen) atoms. The number of halogens is 1. The Kier molecular flexibility index (Phi) is 9.97. The van der Waals surface area contributed by atoms with Gasteiger partial charge in [-0.3, -0.25) is 0 Å². The van der Waals surface area contributed by atoms with Gasteiger partial charge in [-0.1, -0.05) is 60.7 Å². The molecule has 0 unspecified atom stereocenters. The highest BCUT2D eigenvalue weighted by atomic mass is 35.5. The van der Waals surface area contributed by atoms with E-state index in [1.54, 1.807) is 0 Å². The standard InChI is InChI=1S/C8H11N.C7H9N.ClH/c1-9-7-8-5-3-2-4-6-8;8-6-7-4-2-1-3-5-7;/h2-6,9H,7H2,1H3;1-5H,6,8H2;1H. The smallest absolute Gasteiger partial charge is 0.0202 e. The first-order valence-electron chi connectivity index (χ1n) is 5.79. The molecule has 3 heteroatoms. The van der Waals surface area contributed by atoms with Crippen molar-refractivity contribution in [1.82, 2.24) is 5.32 Å². The van der Waals surface area contributed by atoms with Gasteiger partial charge in [-0.2, -0.15) is 0 Å². The quantitative estimate of drug-likeness (QED) is 0.895. The predicted octanol–water partition coefficient (Wildman–Crippen LogP) is 2.97. The second kappa shape index (κ2) is 10.8. The van der Waals surface area contributed by atoms with Gasteiger partial charge in [0.05, 0.1) is 0 Å². The van der Waals surface area contributed by atoms with Crippen LogP contribution in [0.25, 0.3) is 0 Å². The van der Waals surface area contributed by atoms with Crippen molar-refractivity contribution in [3.05, 3.63) is 71.8 Å². The van der Waals surface area contributed by atoms with Crippen molar-refractivity contribution in [3.63, 3.8) is 0 Å². The van der Waals surface area contributed by atoms with Crippen LogP contribution in [-0.4, -0.2) is 7.05 Å². The second-order valence-electron chi connectivity index (χ2n) is 3.71. The van der Waals surface area contributed by atoms with Crippen LogP contribution < -0.4 is 11.1 Å². The first-order valence-corrected chi connectivity index (χ1v) is 5.79. The van der Waals surface area contributed by atoms with Gasteiger partial charge < -0.3 is 11.1 Å². The Hall–Kier alpha value is -1.35. The SMILES string of the molecule is CNCc1ccccc1.Cl.NCc1ccccc1. The second-order valence-corrected chi connectivity index (χ2v) is 3.71. The summed E-state index contributed by atoms with van der Waals surface area (Å²) in [5.41, 5.74) is 7.87. The maximum absolute atomic E-state index is 5.35. The van der Waals surface area contributed by atoms with Crippen molar-refractivity contribution < 1.29 is 0 Å². The molecule has 98 valence electrons. The molecule has 0 saturated heterocycles. The van der Waals surface area contributed by atoms with Crippen LogP contribution in [0.2, 0.25) is 0 Å². The fourth-order valence-electron chi connectivity index (χ4n) is 1.41. The maximum atomic E-state index is 5.35. The van der Waals surface area contributed by atoms with Gasteiger partial charge in [0.1, 0.15) is 0 Å². The number of rotatable bonds is 3. The Morgan fingerprint density at radius 3 is 1.61 bits per heavy atom. The molecular weight excluding hydrogens is 244 g/mol. The molecule has 0 aliphatic heterocycles. The average Bonchev–Trinajstić information content (AvgIpc) is 2.42. The van der Waals surface area contributed by atoms with Crippen molar-refractivity contribution in [1.29, 1.82) is 0 Å². The van der Waals surface area contributed by atoms with Gasteiger partial charge in [-0.15, -0.1) is 12.4 Å². The van der Waals surface area contributed by atoms with E-state index < -0.39 is 0 Å². The summed E-state index contributed by atoms with van der Waals surface area (Å²) in [6, 6.07) is 20.3. The highest BCUT2D eigenvalue weighted by molar-refractivity contribution is 5.85. The lowest BCUT2D eigenvalue weighted by atomic mass is 10.2. The minimum atomic E-state index is 0. The molecule has 2 aromatic carbocycles. The molecule has 0 aliphatic rings. The van der Waals surface area contributed by atoms with Crippen molar-refractivity contribution in [3.8, 4) is 0 Å². The van der Waals surface area contributed by atoms with E-state index in [-0.39, 0.29) is 12.4 Å². The number of nitrogens with two attached hydrogens (primary N) is 1. The van der Waals surface area contributed by atoms with Crippen molar-refractivity contribution in [2.45, 2.75) is 13.1 Å². The third-order valence-corrected chi connectivity index (χ3v) is 2.30. The zero-order valence-corrected chi connectivity index (χ0v) is 11.5. The van der Waals surface area contributed by atoms with Crippen molar-refractivity contribution >= 4 is 12.4 Å². The van der Waals surface area contributed by atoms with Crippen molar-refractivity contribution in [2.75, 3.05) is 7.05 Å². The van der Waals surface area contributed by atoms with Crippen LogP contribution in [0, 0.1) is 0 Å². The number of nitrogens with one attached hydrogen (secondary N) is 1. The Morgan fingerprint density at radius 1 is 0.833 bits per heavy atom. The van der Waals surface area contributed by atoms with Crippen LogP contribution in [-0.2, 0) is 13.1 Å². The van der Waals surface area contributed by atoms with E-state index in [2.05, 4.69) is 17.4 Å². The Morgan fingerprint density at radius 2 is 1.28 bits per heavy atom. The van der Waals surface area contributed by atoms with E-state index in [4.69, 9.17) is 5.73 Å². The predicted molar refractivity (Wildman–Crippen MR) is 80.8 cm³/mol. The lowest BCUT2D eigenvalue weighted by molar-refractivity contribution is 0.818. The molecule has 0 spiro atoms. The normalized spacial score (nSPS) is 8.78. The summed E-state index contributed by atoms with van der Waals surface area (Å²) in [6.45, 7) is 1.60. The highest BCUT2D eigenvalue weighted by Crippen LogP contribution is 1.95. The minimum Gasteiger partial charge on any atom is -0.326 e. The molecule has 2 nitrogen and oxygen atoms in total. The molecule has 0 atom stereocenters. The van der Waals surface area contributed by atoms with Crippen LogP contribution in [0.5, 0.6) is 0 Å². The number of hydrogen-bond acceptors (Lipinski definition) is 2. The molecule has 0 bridgehead atoms. The van der Waals surface area contributed by atoms with E-state index in [1.165, 1.54) is 11.1 Å². The van der Waals surface area contributed by atoms with Crippen molar-refractivity contribution in [2.24, 2.45) is 5.73 Å². The number of hydrogen-bond donors (Lipinski definition) is 2. The molecule has 0 amide bonds. The summed E-state index contributed by atoms with van der Waals surface area (Å²) in [5, 5.41) is 3.08. The molecule has 0 heterocycles. The summed E-state index contributed by atoms with van der Waals surface area (Å²) in [7, 11) is 1.95. The van der Waals surface area contributed by atoms with Gasteiger partial charge in [0.2, 0.25) is 0 Å². The van der Waals surface area contributed by atoms with Gasteiger partial charge in [-0.25, -0.2) is 0 Å². The fourth-order valence-corrected chi connectivity index (χ4v) is 1.41. The molecule has 3 N–H and O–H groups in total. The van der Waals surface area contributed by atoms with Crippen LogP contribution in [0.15, 0.2) is 60.7 Å². The molecule has 2 aromatic rings. The Labute approximate surface area is 116 Å². The van der Waals surface area contributed by atoms with E-state index in [1.807, 2.05) is 55.6 Å². The summed E-state index contributed by atoms with van der Waals surface area (Å²) < 4.78 is 0. The topological polar surface area (TPSA) is 38.0 Å². The summed E-state index contributed by atoms with van der Waals surface area (Å²) in [6.07, 6.45) is 0. The summed E-state index contributed by atoms with van der Waals surface area (Å²) in [4.78, 5) is 0. The highest BCUT2D eigenvalue weighted by Gasteiger charge is 1.83. The fraction of sp³-hybridized carbons (Fsp3) is 0.200. The van der Waals surface area contributed by atoms with Crippen LogP contribution in [0.3, 0.4) is 0 Å². The van der Waals surface area contributed by atoms with E-state index in [0.717, 1.165) is 6.54 Å². The number of benzene rings is 2. The van der Waals surface area contributed by atoms with E-state index in [0.29, 0.717) is 6.54 Å². The third kappa shape index (κ3) is 7.07. The van der Waals surface area contributed by atoms with E-state index >= 15 is 0 Å². The molecule has 2 rings (SSSR count). The largest absolute Gasteiger partial charge is 0.326 e. The zero-order valence-electron chi connectivity index (χ0n) is 10.7. The van der Waals surface area contributed by atoms with Gasteiger partial charge in [0.25, 0.3) is 0 Å². The molecule has 0 radical (unpaired) electrons. The third-order valence-electron chi connectivity index (χ3n) is 2.30. The average molecular weight is 265 g/mol. The molecule has 0 fully saturated rings. The first kappa shape index (κ1) is 16.6. The first-order chi connectivity index (χ1) is 8.36. The monoisotopic (exact) mass is 264 g/mol. The van der Waals surface area contributed by atoms with Gasteiger partial charge in [0, 0.05) is 13.1 Å². The summed E-state index contributed by atoms with van der Waals surface area (Å²) >= 11 is 0. The lowest BCUT2D eigenvalue weighted by Gasteiger charge is -1.95. The molecule has 0 saturated carbocycles. The Balaban J connectivity index is 0.000000306. The van der Waals surface area contributed by atoms with Crippen LogP contribution >= 0.6 is 12.4 Å². The van der Waals surface area contributed by atoms with Gasteiger partial charge in [-0.05, 0) is 18.2 Å². The molecular formula is C15H21ClN2. The maximum Gasteiger partial charge on any atom is 0.0202 e. The minimum absolute atomic E-state index is 0. The van der Waals surface area contributed by atoms with Gasteiger partial charge in [0.15, 0.2) is 0 Å². The van der Waals surface area contributed by atoms with Gasteiger partial charge >= 0.3 is 0 Å². The van der Waals surface area contributed by atoms with Crippen LogP contribution in [0.1, 0.15) is 11.1 Å². The molecule has 0 aliphatic carbocycles. The van der Waals surface area contributed by atoms with Crippen LogP contribution in [0.4, 0.5) is 0 Å². The molecule has 0 aromatic heterocycles. The Bertz CT molecular complexity index is 390. The summed E-state index contributed by atoms with van der Waals surface area (Å²) in [5.74, 6) is 0. The van der Waals surface area contributed by atoms with E-state index in [9.17, 15) is 0 Å². The lowest BCUT2D eigenvalue weighted by Crippen LogP contribution is -2.04. The zero-order chi connectivity index (χ0) is 12.3.